The van der Waals surface area contributed by atoms with Crippen molar-refractivity contribution in [3.8, 4) is 11.6 Å². The largest absolute Gasteiger partial charge is 0.494 e. The highest BCUT2D eigenvalue weighted by Crippen LogP contribution is 2.46. The van der Waals surface area contributed by atoms with E-state index in [0.29, 0.717) is 56.1 Å². The third kappa shape index (κ3) is 8.93. The first-order chi connectivity index (χ1) is 26.8. The number of pyridine rings is 1. The Morgan fingerprint density at radius 2 is 1.82 bits per heavy atom. The SMILES string of the molecule is CCC1OC(C)CCC=CC2CC2(C(=O)NS(=O)(=O)C2CC2)NC(=O)C2CC(Oc3ncc(OC)c4ccccc34)CN2C(=O)C1NC(=O)OC(C)(C)C(F)(F)F. The fourth-order valence-corrected chi connectivity index (χ4v) is 8.57. The number of fused-ring (bicyclic) bond motifs is 3. The van der Waals surface area contributed by atoms with E-state index in [2.05, 4.69) is 20.3 Å². The molecule has 2 aliphatic carbocycles. The fourth-order valence-electron chi connectivity index (χ4n) is 7.20. The minimum absolute atomic E-state index is 0.0819. The zero-order chi connectivity index (χ0) is 41.5. The van der Waals surface area contributed by atoms with Crippen LogP contribution in [0.5, 0.6) is 11.6 Å². The smallest absolute Gasteiger partial charge is 0.427 e. The van der Waals surface area contributed by atoms with E-state index >= 15 is 0 Å². The first kappa shape index (κ1) is 42.0. The van der Waals surface area contributed by atoms with Crippen LogP contribution < -0.4 is 24.8 Å². The van der Waals surface area contributed by atoms with Gasteiger partial charge >= 0.3 is 12.3 Å². The van der Waals surface area contributed by atoms with Gasteiger partial charge < -0.3 is 34.5 Å². The average molecular weight is 824 g/mol. The molecule has 15 nitrogen and oxygen atoms in total. The van der Waals surface area contributed by atoms with Gasteiger partial charge in [0, 0.05) is 23.1 Å². The van der Waals surface area contributed by atoms with Crippen molar-refractivity contribution in [2.75, 3.05) is 13.7 Å². The molecule has 312 valence electrons. The number of nitrogens with zero attached hydrogens (tertiary/aromatic N) is 2. The lowest BCUT2D eigenvalue weighted by atomic mass is 10.0. The summed E-state index contributed by atoms with van der Waals surface area (Å²) in [4.78, 5) is 61.7. The van der Waals surface area contributed by atoms with Gasteiger partial charge in [-0.1, -0.05) is 37.3 Å². The molecule has 0 bridgehead atoms. The van der Waals surface area contributed by atoms with Crippen molar-refractivity contribution in [3.63, 3.8) is 0 Å². The topological polar surface area (TPSA) is 192 Å². The first-order valence-electron chi connectivity index (χ1n) is 19.0. The van der Waals surface area contributed by atoms with E-state index in [0.717, 1.165) is 4.90 Å². The Bertz CT molecular complexity index is 2030. The van der Waals surface area contributed by atoms with Gasteiger partial charge in [0.25, 0.3) is 5.91 Å². The summed E-state index contributed by atoms with van der Waals surface area (Å²) in [6.07, 6.45) is -2.33. The fraction of sp³-hybridized carbons (Fsp3) is 0.605. The second-order valence-electron chi connectivity index (χ2n) is 15.5. The number of alkyl halides is 3. The lowest BCUT2D eigenvalue weighted by molar-refractivity contribution is -0.244. The molecule has 6 rings (SSSR count). The van der Waals surface area contributed by atoms with Gasteiger partial charge in [-0.15, -0.1) is 0 Å². The van der Waals surface area contributed by atoms with Crippen LogP contribution in [0.15, 0.2) is 42.6 Å². The monoisotopic (exact) mass is 823 g/mol. The van der Waals surface area contributed by atoms with E-state index in [-0.39, 0.29) is 31.7 Å². The molecule has 4 aliphatic rings. The van der Waals surface area contributed by atoms with Gasteiger partial charge in [-0.05, 0) is 65.4 Å². The lowest BCUT2D eigenvalue weighted by Crippen LogP contribution is -2.61. The van der Waals surface area contributed by atoms with Gasteiger partial charge in [-0.25, -0.2) is 18.2 Å². The van der Waals surface area contributed by atoms with E-state index in [1.807, 2.05) is 0 Å². The second-order valence-corrected chi connectivity index (χ2v) is 17.5. The molecule has 1 aromatic carbocycles. The van der Waals surface area contributed by atoms with Gasteiger partial charge in [0.15, 0.2) is 0 Å². The van der Waals surface area contributed by atoms with Gasteiger partial charge in [-0.2, -0.15) is 13.2 Å². The molecule has 2 saturated carbocycles. The van der Waals surface area contributed by atoms with Crippen LogP contribution >= 0.6 is 0 Å². The van der Waals surface area contributed by atoms with Gasteiger partial charge in [0.2, 0.25) is 33.3 Å². The van der Waals surface area contributed by atoms with Crippen molar-refractivity contribution >= 4 is 44.6 Å². The van der Waals surface area contributed by atoms with Crippen molar-refractivity contribution < 1.29 is 59.7 Å². The van der Waals surface area contributed by atoms with Crippen LogP contribution in [-0.2, 0) is 33.9 Å². The summed E-state index contributed by atoms with van der Waals surface area (Å²) in [7, 11) is -2.51. The highest BCUT2D eigenvalue weighted by molar-refractivity contribution is 7.91. The number of carbonyl (C=O) groups excluding carboxylic acids is 4. The predicted octanol–water partition coefficient (Wildman–Crippen LogP) is 4.04. The maximum Gasteiger partial charge on any atom is 0.427 e. The molecule has 0 radical (unpaired) electrons. The molecule has 2 aromatic rings. The van der Waals surface area contributed by atoms with Crippen molar-refractivity contribution in [3.05, 3.63) is 42.6 Å². The van der Waals surface area contributed by atoms with Crippen LogP contribution in [0.2, 0.25) is 0 Å². The molecule has 7 atom stereocenters. The number of ether oxygens (including phenoxy) is 4. The second kappa shape index (κ2) is 15.9. The number of sulfonamides is 1. The zero-order valence-corrected chi connectivity index (χ0v) is 33.1. The number of methoxy groups -OCH3 is 1. The zero-order valence-electron chi connectivity index (χ0n) is 32.3. The lowest BCUT2D eigenvalue weighted by Gasteiger charge is -2.35. The Kier molecular flexibility index (Phi) is 11.7. The van der Waals surface area contributed by atoms with E-state index in [9.17, 15) is 40.8 Å². The van der Waals surface area contributed by atoms with E-state index in [1.54, 1.807) is 50.3 Å². The summed E-state index contributed by atoms with van der Waals surface area (Å²) in [5.74, 6) is -2.54. The number of amides is 4. The molecule has 3 heterocycles. The van der Waals surface area contributed by atoms with Crippen molar-refractivity contribution in [2.45, 2.75) is 126 Å². The molecule has 0 spiro atoms. The van der Waals surface area contributed by atoms with Gasteiger partial charge in [0.05, 0.1) is 37.3 Å². The van der Waals surface area contributed by atoms with Crippen LogP contribution in [-0.4, -0.2) is 109 Å². The molecule has 4 amide bonds. The number of rotatable bonds is 9. The summed E-state index contributed by atoms with van der Waals surface area (Å²) < 4.78 is 91.9. The number of nitrogens with one attached hydrogen (secondary N) is 3. The number of carbonyl (C=O) groups is 4. The van der Waals surface area contributed by atoms with E-state index in [4.69, 9.17) is 18.9 Å². The highest BCUT2D eigenvalue weighted by Gasteiger charge is 2.62. The van der Waals surface area contributed by atoms with E-state index in [1.165, 1.54) is 13.3 Å². The third-order valence-corrected chi connectivity index (χ3v) is 12.7. The van der Waals surface area contributed by atoms with Crippen LogP contribution in [0.4, 0.5) is 18.0 Å². The maximum absolute atomic E-state index is 14.8. The van der Waals surface area contributed by atoms with Gasteiger partial charge in [-0.3, -0.25) is 19.1 Å². The number of aromatic nitrogens is 1. The van der Waals surface area contributed by atoms with Crippen molar-refractivity contribution in [2.24, 2.45) is 5.92 Å². The van der Waals surface area contributed by atoms with Crippen LogP contribution in [0.1, 0.15) is 72.6 Å². The minimum atomic E-state index is -4.94. The van der Waals surface area contributed by atoms with Crippen LogP contribution in [0, 0.1) is 5.92 Å². The van der Waals surface area contributed by atoms with Crippen molar-refractivity contribution in [1.82, 2.24) is 25.2 Å². The maximum atomic E-state index is 14.8. The molecule has 1 saturated heterocycles. The molecule has 7 unspecified atom stereocenters. The van der Waals surface area contributed by atoms with Crippen LogP contribution in [0.25, 0.3) is 10.8 Å². The molecule has 19 heteroatoms. The van der Waals surface area contributed by atoms with Gasteiger partial charge in [0.1, 0.15) is 29.5 Å². The molecule has 57 heavy (non-hydrogen) atoms. The quantitative estimate of drug-likeness (QED) is 0.310. The summed E-state index contributed by atoms with van der Waals surface area (Å²) >= 11 is 0. The Hall–Kier alpha value is -4.65. The standard InChI is InChI=1S/C38H48F3N5O10S/c1-6-28-30(43-35(50)56-36(3,4)38(39,40)41)33(48)46-20-23(55-32-26-14-10-9-13-25(26)29(53-5)19-42-32)17-27(46)31(47)44-37(34(49)45-57(51,52)24-15-16-24)18-22(37)12-8-7-11-21(2)54-28/h8-10,12-14,19,21-24,27-28,30H,6-7,11,15-18,20H2,1-5H3,(H,43,50)(H,44,47)(H,45,49). The molecular formula is C38H48F3N5O10S. The highest BCUT2D eigenvalue weighted by atomic mass is 32.2. The Morgan fingerprint density at radius 1 is 1.12 bits per heavy atom. The summed E-state index contributed by atoms with van der Waals surface area (Å²) in [6, 6.07) is 4.11. The Balaban J connectivity index is 1.37. The summed E-state index contributed by atoms with van der Waals surface area (Å²) in [5, 5.41) is 5.60. The number of halogens is 3. The molecular weight excluding hydrogens is 776 g/mol. The molecule has 1 aromatic heterocycles. The third-order valence-electron chi connectivity index (χ3n) is 10.9. The summed E-state index contributed by atoms with van der Waals surface area (Å²) in [6.45, 7) is 4.48. The normalized spacial score (nSPS) is 28.6. The summed E-state index contributed by atoms with van der Waals surface area (Å²) in [5.41, 5.74) is -4.58. The number of alkyl carbamates (subject to hydrolysis) is 1. The number of benzene rings is 1. The first-order valence-corrected chi connectivity index (χ1v) is 20.5. The Labute approximate surface area is 328 Å². The average Bonchev–Trinajstić information content (AvgIpc) is 4.07. The van der Waals surface area contributed by atoms with E-state index < -0.39 is 92.7 Å². The van der Waals surface area contributed by atoms with Crippen molar-refractivity contribution in [1.29, 1.82) is 0 Å². The minimum Gasteiger partial charge on any atom is -0.494 e. The number of hydrogen-bond acceptors (Lipinski definition) is 11. The van der Waals surface area contributed by atoms with Crippen LogP contribution in [0.3, 0.4) is 0 Å². The number of hydrogen-bond donors (Lipinski definition) is 3. The Morgan fingerprint density at radius 3 is 2.47 bits per heavy atom. The number of allylic oxidation sites excluding steroid dienone is 1. The predicted molar refractivity (Wildman–Crippen MR) is 198 cm³/mol. The molecule has 3 N–H and O–H groups in total. The molecule has 3 fully saturated rings. The molecule has 2 aliphatic heterocycles.